The number of carbonyl (C=O) groups excluding carboxylic acids is 1. The smallest absolute Gasteiger partial charge is 0.397 e. The molecule has 1 saturated heterocycles. The van der Waals surface area contributed by atoms with E-state index in [1.54, 1.807) is 0 Å². The summed E-state index contributed by atoms with van der Waals surface area (Å²) < 4.78 is 59.1. The summed E-state index contributed by atoms with van der Waals surface area (Å²) in [6, 6.07) is 0. The number of ether oxygens (including phenoxy) is 4. The van der Waals surface area contributed by atoms with Crippen LogP contribution in [0.25, 0.3) is 0 Å². The summed E-state index contributed by atoms with van der Waals surface area (Å²) in [5.41, 5.74) is 0. The fourth-order valence-electron chi connectivity index (χ4n) is 6.50. The number of esters is 1. The summed E-state index contributed by atoms with van der Waals surface area (Å²) in [5, 5.41) is 30.7. The van der Waals surface area contributed by atoms with E-state index < -0.39 is 59.8 Å². The van der Waals surface area contributed by atoms with Crippen molar-refractivity contribution in [2.75, 3.05) is 26.4 Å². The molecule has 1 aliphatic heterocycles. The Balaban J connectivity index is 2.43. The van der Waals surface area contributed by atoms with Gasteiger partial charge in [-0.05, 0) is 83.5 Å². The molecule has 0 aromatic rings. The van der Waals surface area contributed by atoms with Crippen LogP contribution in [0.4, 0.5) is 0 Å². The third-order valence-corrected chi connectivity index (χ3v) is 10.4. The maximum absolute atomic E-state index is 12.9. The summed E-state index contributed by atoms with van der Waals surface area (Å²) >= 11 is 0. The molecular weight excluding hydrogens is 813 g/mol. The lowest BCUT2D eigenvalue weighted by Gasteiger charge is -2.41. The Kier molecular flexibility index (Phi) is 36.8. The van der Waals surface area contributed by atoms with Gasteiger partial charge < -0.3 is 34.3 Å². The molecule has 1 fully saturated rings. The van der Waals surface area contributed by atoms with Gasteiger partial charge in [0.2, 0.25) is 0 Å². The van der Waals surface area contributed by atoms with Crippen molar-refractivity contribution in [3.63, 3.8) is 0 Å². The van der Waals surface area contributed by atoms with Gasteiger partial charge in [0.1, 0.15) is 30.5 Å². The highest BCUT2D eigenvalue weighted by Crippen LogP contribution is 2.26. The average molecular weight is 895 g/mol. The molecule has 6 unspecified atom stereocenters. The zero-order chi connectivity index (χ0) is 45.4. The van der Waals surface area contributed by atoms with Crippen molar-refractivity contribution in [3.8, 4) is 0 Å². The minimum absolute atomic E-state index is 0.0152. The van der Waals surface area contributed by atoms with E-state index in [4.69, 9.17) is 23.5 Å². The van der Waals surface area contributed by atoms with Crippen LogP contribution in [0.1, 0.15) is 155 Å². The quantitative estimate of drug-likeness (QED) is 0.0199. The Labute approximate surface area is 374 Å². The number of carbonyl (C=O) groups is 1. The third kappa shape index (κ3) is 32.9. The van der Waals surface area contributed by atoms with E-state index in [-0.39, 0.29) is 19.6 Å². The van der Waals surface area contributed by atoms with Gasteiger partial charge in [-0.15, -0.1) is 0 Å². The average Bonchev–Trinajstić information content (AvgIpc) is 3.24. The molecule has 1 heterocycles. The largest absolute Gasteiger partial charge is 0.457 e. The zero-order valence-electron chi connectivity index (χ0n) is 37.9. The molecule has 0 bridgehead atoms. The highest BCUT2D eigenvalue weighted by atomic mass is 32.3. The van der Waals surface area contributed by atoms with Crippen molar-refractivity contribution in [2.24, 2.45) is 0 Å². The molecule has 0 saturated carbocycles. The maximum atomic E-state index is 12.9. The van der Waals surface area contributed by atoms with Crippen LogP contribution >= 0.6 is 0 Å². The van der Waals surface area contributed by atoms with E-state index in [1.165, 1.54) is 19.3 Å². The fourth-order valence-corrected chi connectivity index (χ4v) is 7.01. The Morgan fingerprint density at radius 3 is 1.63 bits per heavy atom. The predicted molar refractivity (Wildman–Crippen MR) is 248 cm³/mol. The first kappa shape index (κ1) is 57.3. The number of hydrogen-bond acceptors (Lipinski definition) is 11. The summed E-state index contributed by atoms with van der Waals surface area (Å²) in [4.78, 5) is 12.9. The van der Waals surface area contributed by atoms with Gasteiger partial charge in [-0.2, -0.15) is 8.42 Å². The number of allylic oxidation sites excluding steroid dienone is 14. The molecule has 0 spiro atoms. The van der Waals surface area contributed by atoms with Crippen molar-refractivity contribution in [2.45, 2.75) is 192 Å². The highest BCUT2D eigenvalue weighted by Gasteiger charge is 2.48. The van der Waals surface area contributed by atoms with Gasteiger partial charge in [-0.25, -0.2) is 4.18 Å². The lowest BCUT2D eigenvalue weighted by Crippen LogP contribution is -2.60. The normalized spacial score (nSPS) is 20.8. The van der Waals surface area contributed by atoms with Crippen molar-refractivity contribution in [1.82, 2.24) is 0 Å². The van der Waals surface area contributed by atoms with Crippen LogP contribution < -0.4 is 0 Å². The molecule has 1 aliphatic rings. The second-order valence-electron chi connectivity index (χ2n) is 15.6. The number of rotatable bonds is 39. The molecule has 0 aromatic carbocycles. The van der Waals surface area contributed by atoms with E-state index in [9.17, 15) is 28.5 Å². The van der Waals surface area contributed by atoms with E-state index >= 15 is 0 Å². The summed E-state index contributed by atoms with van der Waals surface area (Å²) in [6.07, 6.45) is 43.2. The SMILES string of the molecule is CC/C=C\C/C=C\C/C=C\C/C=C\C/C=C\CCCCCCCC(=O)OC(COCCCCCCCC/C=C\C/C=C\CCC)COC1OC(CO)C(O)C(OS(=O)(=O)O)C1O. The lowest BCUT2D eigenvalue weighted by molar-refractivity contribution is -0.301. The number of hydrogen-bond donors (Lipinski definition) is 4. The molecule has 0 aliphatic carbocycles. The summed E-state index contributed by atoms with van der Waals surface area (Å²) in [6.45, 7) is 3.74. The highest BCUT2D eigenvalue weighted by molar-refractivity contribution is 7.80. The van der Waals surface area contributed by atoms with Crippen molar-refractivity contribution >= 4 is 16.4 Å². The van der Waals surface area contributed by atoms with E-state index in [0.29, 0.717) is 13.0 Å². The summed E-state index contributed by atoms with van der Waals surface area (Å²) in [7, 11) is -5.07. The Bertz CT molecular complexity index is 1400. The molecule has 356 valence electrons. The van der Waals surface area contributed by atoms with E-state index in [2.05, 4.69) is 103 Å². The summed E-state index contributed by atoms with van der Waals surface area (Å²) in [5.74, 6) is -0.426. The van der Waals surface area contributed by atoms with Gasteiger partial charge in [-0.1, -0.05) is 150 Å². The second-order valence-corrected chi connectivity index (χ2v) is 16.7. The first-order valence-corrected chi connectivity index (χ1v) is 24.7. The molecule has 62 heavy (non-hydrogen) atoms. The van der Waals surface area contributed by atoms with Gasteiger partial charge in [0, 0.05) is 13.0 Å². The topological polar surface area (TPSA) is 178 Å². The minimum Gasteiger partial charge on any atom is -0.457 e. The van der Waals surface area contributed by atoms with Crippen molar-refractivity contribution in [1.29, 1.82) is 0 Å². The fraction of sp³-hybridized carbons (Fsp3) is 0.694. The monoisotopic (exact) mass is 895 g/mol. The molecule has 1 rings (SSSR count). The lowest BCUT2D eigenvalue weighted by atomic mass is 9.99. The molecule has 13 heteroatoms. The van der Waals surface area contributed by atoms with Crippen LogP contribution in [-0.4, -0.2) is 97.5 Å². The molecule has 0 amide bonds. The van der Waals surface area contributed by atoms with Crippen LogP contribution in [0.15, 0.2) is 85.1 Å². The Morgan fingerprint density at radius 2 is 1.11 bits per heavy atom. The molecule has 0 radical (unpaired) electrons. The van der Waals surface area contributed by atoms with Gasteiger partial charge >= 0.3 is 16.4 Å². The predicted octanol–water partition coefficient (Wildman–Crippen LogP) is 10.1. The first-order chi connectivity index (χ1) is 30.1. The Morgan fingerprint density at radius 1 is 0.629 bits per heavy atom. The molecule has 0 aromatic heterocycles. The number of aliphatic hydroxyl groups is 3. The van der Waals surface area contributed by atoms with Crippen molar-refractivity contribution in [3.05, 3.63) is 85.1 Å². The molecule has 6 atom stereocenters. The van der Waals surface area contributed by atoms with E-state index in [0.717, 1.165) is 109 Å². The van der Waals surface area contributed by atoms with Crippen LogP contribution in [-0.2, 0) is 38.3 Å². The van der Waals surface area contributed by atoms with E-state index in [1.807, 2.05) is 0 Å². The first-order valence-electron chi connectivity index (χ1n) is 23.3. The van der Waals surface area contributed by atoms with Gasteiger partial charge in [0.25, 0.3) is 0 Å². The number of unbranched alkanes of at least 4 members (excludes halogenated alkanes) is 12. The standard InChI is InChI=1S/C49H82O12S/c1-3-5-7-9-11-13-15-17-19-20-21-22-23-24-25-26-28-30-32-34-36-38-45(51)59-43(41-57-39-37-35-33-31-29-27-18-16-14-12-10-8-6-4-2)42-58-49-47(53)48(61-62(54,55)56)46(52)44(40-50)60-49/h5,7-8,10-11,13-14,16-17,19,21-22,24-25,43-44,46-50,52-53H,3-4,6,9,12,15,18,20,23,26-42H2,1-2H3,(H,54,55,56)/b7-5-,10-8-,13-11-,16-14-,19-17-,22-21-,25-24-. The molecular formula is C49H82O12S. The van der Waals surface area contributed by atoms with Gasteiger partial charge in [0.15, 0.2) is 6.29 Å². The van der Waals surface area contributed by atoms with Gasteiger partial charge in [0.05, 0.1) is 19.8 Å². The minimum atomic E-state index is -5.07. The van der Waals surface area contributed by atoms with Gasteiger partial charge in [-0.3, -0.25) is 9.35 Å². The zero-order valence-corrected chi connectivity index (χ0v) is 38.7. The third-order valence-electron chi connectivity index (χ3n) is 9.98. The van der Waals surface area contributed by atoms with Crippen molar-refractivity contribution < 1.29 is 56.2 Å². The maximum Gasteiger partial charge on any atom is 0.397 e. The van der Waals surface area contributed by atoms with Crippen LogP contribution in [0.2, 0.25) is 0 Å². The number of aliphatic hydroxyl groups excluding tert-OH is 3. The van der Waals surface area contributed by atoms with Crippen LogP contribution in [0.5, 0.6) is 0 Å². The second kappa shape index (κ2) is 39.8. The Hall–Kier alpha value is -2.72. The van der Waals surface area contributed by atoms with Crippen LogP contribution in [0.3, 0.4) is 0 Å². The van der Waals surface area contributed by atoms with Crippen LogP contribution in [0, 0.1) is 0 Å². The molecule has 12 nitrogen and oxygen atoms in total. The molecule has 4 N–H and O–H groups in total.